The highest BCUT2D eigenvalue weighted by molar-refractivity contribution is 5.85. The van der Waals surface area contributed by atoms with Crippen LogP contribution in [0, 0.1) is 0 Å². The van der Waals surface area contributed by atoms with Gasteiger partial charge >= 0.3 is 0 Å². The second-order valence-electron chi connectivity index (χ2n) is 4.28. The monoisotopic (exact) mass is 252 g/mol. The predicted octanol–water partition coefficient (Wildman–Crippen LogP) is 2.09. The first-order valence-electron chi connectivity index (χ1n) is 5.87. The molecule has 3 aromatic rings. The Balaban J connectivity index is 2.48. The van der Waals surface area contributed by atoms with Crippen LogP contribution in [0.2, 0.25) is 0 Å². The number of hydrogen-bond donors (Lipinski definition) is 2. The Morgan fingerprint density at radius 3 is 2.32 bits per heavy atom. The van der Waals surface area contributed by atoms with Crippen molar-refractivity contribution in [1.82, 2.24) is 4.68 Å². The van der Waals surface area contributed by atoms with E-state index in [0.717, 1.165) is 0 Å². The topological polar surface area (TPSA) is 68.2 Å². The van der Waals surface area contributed by atoms with Crippen molar-refractivity contribution in [3.05, 3.63) is 64.8 Å². The third kappa shape index (κ3) is 1.65. The molecule has 0 atom stereocenters. The Hall–Kier alpha value is -2.75. The van der Waals surface area contributed by atoms with E-state index in [1.165, 1.54) is 4.68 Å². The quantitative estimate of drug-likeness (QED) is 0.651. The van der Waals surface area contributed by atoms with Gasteiger partial charge in [-0.2, -0.15) is 0 Å². The van der Waals surface area contributed by atoms with Crippen LogP contribution in [-0.2, 0) is 0 Å². The van der Waals surface area contributed by atoms with E-state index < -0.39 is 5.43 Å². The number of para-hydroxylation sites is 1. The van der Waals surface area contributed by atoms with E-state index in [-0.39, 0.29) is 5.75 Å². The minimum Gasteiger partial charge on any atom is -0.503 e. The van der Waals surface area contributed by atoms with Gasteiger partial charge in [0.2, 0.25) is 5.43 Å². The number of nitrogens with zero attached hydrogens (tertiary/aromatic N) is 1. The fourth-order valence-electron chi connectivity index (χ4n) is 2.22. The van der Waals surface area contributed by atoms with Gasteiger partial charge in [0.1, 0.15) is 5.69 Å². The van der Waals surface area contributed by atoms with Gasteiger partial charge in [-0.05, 0) is 12.1 Å². The van der Waals surface area contributed by atoms with E-state index in [4.69, 9.17) is 5.84 Å². The molecule has 0 aliphatic carbocycles. The number of pyridine rings is 1. The lowest BCUT2D eigenvalue weighted by Crippen LogP contribution is -2.18. The molecule has 1 aromatic heterocycles. The summed E-state index contributed by atoms with van der Waals surface area (Å²) in [6.07, 6.45) is 0. The summed E-state index contributed by atoms with van der Waals surface area (Å²) < 4.78 is 1.35. The van der Waals surface area contributed by atoms with Gasteiger partial charge in [0.25, 0.3) is 0 Å². The van der Waals surface area contributed by atoms with Crippen molar-refractivity contribution in [2.24, 2.45) is 0 Å². The summed E-state index contributed by atoms with van der Waals surface area (Å²) in [4.78, 5) is 12.2. The summed E-state index contributed by atoms with van der Waals surface area (Å²) in [5, 5.41) is 10.5. The molecule has 0 fully saturated rings. The molecule has 0 saturated heterocycles. The van der Waals surface area contributed by atoms with E-state index in [9.17, 15) is 9.90 Å². The van der Waals surface area contributed by atoms with Gasteiger partial charge in [-0.3, -0.25) is 9.47 Å². The van der Waals surface area contributed by atoms with Gasteiger partial charge in [-0.15, -0.1) is 0 Å². The average Bonchev–Trinajstić information content (AvgIpc) is 2.46. The van der Waals surface area contributed by atoms with Gasteiger partial charge in [-0.1, -0.05) is 42.5 Å². The summed E-state index contributed by atoms with van der Waals surface area (Å²) >= 11 is 0. The Morgan fingerprint density at radius 1 is 0.947 bits per heavy atom. The highest BCUT2D eigenvalue weighted by Gasteiger charge is 2.15. The first-order chi connectivity index (χ1) is 9.20. The zero-order valence-electron chi connectivity index (χ0n) is 10.1. The number of benzene rings is 2. The summed E-state index contributed by atoms with van der Waals surface area (Å²) in [6, 6.07) is 16.1. The maximum atomic E-state index is 12.2. The molecule has 0 amide bonds. The van der Waals surface area contributed by atoms with Gasteiger partial charge < -0.3 is 10.9 Å². The molecular formula is C15H12N2O2. The minimum atomic E-state index is -0.406. The maximum absolute atomic E-state index is 12.2. The number of aromatic nitrogens is 1. The van der Waals surface area contributed by atoms with Gasteiger partial charge in [0.05, 0.1) is 10.9 Å². The van der Waals surface area contributed by atoms with Crippen molar-refractivity contribution in [2.45, 2.75) is 0 Å². The molecule has 2 aromatic carbocycles. The number of nitrogens with two attached hydrogens (primary N) is 1. The van der Waals surface area contributed by atoms with E-state index in [2.05, 4.69) is 0 Å². The molecule has 3 rings (SSSR count). The van der Waals surface area contributed by atoms with Crippen LogP contribution in [-0.4, -0.2) is 9.78 Å². The number of rotatable bonds is 1. The summed E-state index contributed by atoms with van der Waals surface area (Å²) in [5.41, 5.74) is 1.20. The van der Waals surface area contributed by atoms with Crippen LogP contribution in [0.25, 0.3) is 22.2 Å². The Morgan fingerprint density at radius 2 is 1.58 bits per heavy atom. The predicted molar refractivity (Wildman–Crippen MR) is 75.5 cm³/mol. The van der Waals surface area contributed by atoms with Crippen LogP contribution in [0.3, 0.4) is 0 Å². The van der Waals surface area contributed by atoms with Crippen LogP contribution < -0.4 is 11.3 Å². The van der Waals surface area contributed by atoms with Crippen molar-refractivity contribution in [3.8, 4) is 17.0 Å². The smallest absolute Gasteiger partial charge is 0.231 e. The minimum absolute atomic E-state index is 0.323. The molecule has 4 nitrogen and oxygen atoms in total. The Kier molecular flexibility index (Phi) is 2.49. The molecule has 4 heteroatoms. The van der Waals surface area contributed by atoms with Crippen molar-refractivity contribution in [3.63, 3.8) is 0 Å². The normalized spacial score (nSPS) is 10.7. The second kappa shape index (κ2) is 4.17. The molecular weight excluding hydrogens is 240 g/mol. The Labute approximate surface area is 109 Å². The van der Waals surface area contributed by atoms with E-state index in [0.29, 0.717) is 22.2 Å². The van der Waals surface area contributed by atoms with Gasteiger partial charge in [0.15, 0.2) is 5.75 Å². The number of aromatic hydroxyl groups is 1. The van der Waals surface area contributed by atoms with Crippen molar-refractivity contribution >= 4 is 10.9 Å². The SMILES string of the molecule is Nn1c(-c2ccccc2)c(O)c(=O)c2ccccc21. The molecule has 94 valence electrons. The van der Waals surface area contributed by atoms with E-state index >= 15 is 0 Å². The highest BCUT2D eigenvalue weighted by Crippen LogP contribution is 2.27. The van der Waals surface area contributed by atoms with Crippen molar-refractivity contribution < 1.29 is 5.11 Å². The fraction of sp³-hybridized carbons (Fsp3) is 0. The molecule has 3 N–H and O–H groups in total. The number of nitrogen functional groups attached to an aromatic ring is 1. The lowest BCUT2D eigenvalue weighted by Gasteiger charge is -2.13. The van der Waals surface area contributed by atoms with Crippen LogP contribution >= 0.6 is 0 Å². The third-order valence-electron chi connectivity index (χ3n) is 3.14. The molecule has 0 unspecified atom stereocenters. The molecule has 0 aliphatic rings. The number of hydrogen-bond acceptors (Lipinski definition) is 3. The second-order valence-corrected chi connectivity index (χ2v) is 4.28. The summed E-state index contributed by atoms with van der Waals surface area (Å²) in [7, 11) is 0. The lowest BCUT2D eigenvalue weighted by atomic mass is 10.1. The highest BCUT2D eigenvalue weighted by atomic mass is 16.3. The molecule has 1 heterocycles. The first kappa shape index (κ1) is 11.3. The van der Waals surface area contributed by atoms with E-state index in [1.54, 1.807) is 36.4 Å². The zero-order valence-corrected chi connectivity index (χ0v) is 10.1. The molecule has 19 heavy (non-hydrogen) atoms. The average molecular weight is 252 g/mol. The standard InChI is InChI=1S/C15H12N2O2/c16-17-12-9-5-4-8-11(12)14(18)15(19)13(17)10-6-2-1-3-7-10/h1-9,19H,16H2. The van der Waals surface area contributed by atoms with Crippen LogP contribution in [0.1, 0.15) is 0 Å². The van der Waals surface area contributed by atoms with Crippen molar-refractivity contribution in [1.29, 1.82) is 0 Å². The Bertz CT molecular complexity index is 807. The van der Waals surface area contributed by atoms with Gasteiger partial charge in [-0.25, -0.2) is 0 Å². The summed E-state index contributed by atoms with van der Waals surface area (Å²) in [5.74, 6) is 5.71. The fourth-order valence-corrected chi connectivity index (χ4v) is 2.22. The molecule has 0 saturated carbocycles. The van der Waals surface area contributed by atoms with Crippen LogP contribution in [0.4, 0.5) is 0 Å². The third-order valence-corrected chi connectivity index (χ3v) is 3.14. The first-order valence-corrected chi connectivity index (χ1v) is 5.87. The van der Waals surface area contributed by atoms with Gasteiger partial charge in [0, 0.05) is 5.56 Å². The molecule has 0 bridgehead atoms. The van der Waals surface area contributed by atoms with Crippen LogP contribution in [0.15, 0.2) is 59.4 Å². The zero-order chi connectivity index (χ0) is 13.4. The van der Waals surface area contributed by atoms with E-state index in [1.807, 2.05) is 18.2 Å². The number of fused-ring (bicyclic) bond motifs is 1. The molecule has 0 spiro atoms. The molecule has 0 aliphatic heterocycles. The van der Waals surface area contributed by atoms with Crippen molar-refractivity contribution in [2.75, 3.05) is 5.84 Å². The largest absolute Gasteiger partial charge is 0.503 e. The maximum Gasteiger partial charge on any atom is 0.231 e. The lowest BCUT2D eigenvalue weighted by molar-refractivity contribution is 0.469. The van der Waals surface area contributed by atoms with Crippen LogP contribution in [0.5, 0.6) is 5.75 Å². The molecule has 0 radical (unpaired) electrons. The summed E-state index contributed by atoms with van der Waals surface area (Å²) in [6.45, 7) is 0.